The molecule has 0 amide bonds. The second kappa shape index (κ2) is 7.76. The van der Waals surface area contributed by atoms with Crippen molar-refractivity contribution in [3.8, 4) is 0 Å². The Bertz CT molecular complexity index is 646. The zero-order chi connectivity index (χ0) is 16.8. The molecule has 2 heterocycles. The molecule has 1 aliphatic heterocycles. The quantitative estimate of drug-likeness (QED) is 0.664. The number of benzene rings is 1. The average Bonchev–Trinajstić information content (AvgIpc) is 3.13. The lowest BCUT2D eigenvalue weighted by molar-refractivity contribution is 0.371. The van der Waals surface area contributed by atoms with Gasteiger partial charge in [-0.25, -0.2) is 9.37 Å². The summed E-state index contributed by atoms with van der Waals surface area (Å²) in [4.78, 5) is 12.8. The minimum atomic E-state index is -0.200. The van der Waals surface area contributed by atoms with E-state index in [-0.39, 0.29) is 5.82 Å². The van der Waals surface area contributed by atoms with Crippen molar-refractivity contribution in [3.05, 3.63) is 42.7 Å². The summed E-state index contributed by atoms with van der Waals surface area (Å²) in [6.07, 6.45) is 3.23. The molecule has 0 bridgehead atoms. The van der Waals surface area contributed by atoms with E-state index in [1.165, 1.54) is 18.5 Å². The number of hydrogen-bond donors (Lipinski definition) is 1. The maximum absolute atomic E-state index is 13.0. The molecule has 1 aromatic carbocycles. The maximum atomic E-state index is 13.0. The van der Waals surface area contributed by atoms with E-state index >= 15 is 0 Å². The highest BCUT2D eigenvalue weighted by atomic mass is 19.1. The van der Waals surface area contributed by atoms with Crippen LogP contribution in [0.1, 0.15) is 0 Å². The summed E-state index contributed by atoms with van der Waals surface area (Å²) in [6.45, 7) is 5.01. The molecule has 1 aliphatic rings. The van der Waals surface area contributed by atoms with Gasteiger partial charge in [0.05, 0.1) is 6.54 Å². The van der Waals surface area contributed by atoms with Crippen molar-refractivity contribution in [2.45, 2.75) is 6.54 Å². The molecule has 0 aliphatic carbocycles. The van der Waals surface area contributed by atoms with E-state index in [0.29, 0.717) is 0 Å². The van der Waals surface area contributed by atoms with Gasteiger partial charge in [0, 0.05) is 45.5 Å². The zero-order valence-electron chi connectivity index (χ0n) is 13.8. The minimum absolute atomic E-state index is 0.200. The summed E-state index contributed by atoms with van der Waals surface area (Å²) in [6, 6.07) is 6.67. The number of aliphatic imine (C=N–C) groups is 1. The fraction of sp³-hybridized carbons (Fsp3) is 0.438. The molecule has 2 aromatic rings. The molecule has 0 saturated carbocycles. The Morgan fingerprint density at radius 2 is 1.96 bits per heavy atom. The highest BCUT2D eigenvalue weighted by molar-refractivity contribution is 5.80. The molecule has 3 rings (SSSR count). The molecular weight excluding hydrogens is 309 g/mol. The molecule has 7 nitrogen and oxygen atoms in total. The summed E-state index contributed by atoms with van der Waals surface area (Å²) in [5.41, 5.74) is 1.06. The maximum Gasteiger partial charge on any atom is 0.193 e. The lowest BCUT2D eigenvalue weighted by Gasteiger charge is -2.37. The van der Waals surface area contributed by atoms with Crippen LogP contribution in [0.5, 0.6) is 0 Å². The largest absolute Gasteiger partial charge is 0.368 e. The van der Waals surface area contributed by atoms with Crippen molar-refractivity contribution in [2.75, 3.05) is 44.7 Å². The van der Waals surface area contributed by atoms with Gasteiger partial charge in [0.1, 0.15) is 18.5 Å². The predicted molar refractivity (Wildman–Crippen MR) is 91.6 cm³/mol. The molecule has 1 N–H and O–H groups in total. The Balaban J connectivity index is 1.48. The Kier molecular flexibility index (Phi) is 5.25. The molecule has 0 atom stereocenters. The van der Waals surface area contributed by atoms with Crippen LogP contribution >= 0.6 is 0 Å². The summed E-state index contributed by atoms with van der Waals surface area (Å²) in [7, 11) is 1.80. The van der Waals surface area contributed by atoms with Gasteiger partial charge in [-0.15, -0.1) is 0 Å². The molecule has 24 heavy (non-hydrogen) atoms. The molecule has 1 saturated heterocycles. The third kappa shape index (κ3) is 4.01. The first kappa shape index (κ1) is 16.2. The van der Waals surface area contributed by atoms with Gasteiger partial charge < -0.3 is 15.1 Å². The van der Waals surface area contributed by atoms with Gasteiger partial charge in [-0.05, 0) is 24.3 Å². The van der Waals surface area contributed by atoms with E-state index in [4.69, 9.17) is 0 Å². The van der Waals surface area contributed by atoms with E-state index in [1.807, 2.05) is 12.1 Å². The number of anilines is 1. The standard InChI is InChI=1S/C16H22FN7/c1-18-16(20-6-7-24-13-19-12-21-24)23-10-8-22(9-11-23)15-4-2-14(17)3-5-15/h2-5,12-13H,6-11H2,1H3,(H,18,20). The van der Waals surface area contributed by atoms with Crippen molar-refractivity contribution < 1.29 is 4.39 Å². The van der Waals surface area contributed by atoms with E-state index < -0.39 is 0 Å². The van der Waals surface area contributed by atoms with Crippen LogP contribution in [0.2, 0.25) is 0 Å². The van der Waals surface area contributed by atoms with Crippen LogP contribution in [0.15, 0.2) is 41.9 Å². The van der Waals surface area contributed by atoms with Gasteiger partial charge in [-0.1, -0.05) is 0 Å². The number of guanidine groups is 1. The third-order valence-electron chi connectivity index (χ3n) is 4.07. The van der Waals surface area contributed by atoms with Crippen molar-refractivity contribution in [3.63, 3.8) is 0 Å². The van der Waals surface area contributed by atoms with Crippen molar-refractivity contribution >= 4 is 11.6 Å². The Labute approximate surface area is 140 Å². The number of halogens is 1. The van der Waals surface area contributed by atoms with Crippen molar-refractivity contribution in [1.82, 2.24) is 25.0 Å². The topological polar surface area (TPSA) is 61.6 Å². The van der Waals surface area contributed by atoms with Crippen molar-refractivity contribution in [2.24, 2.45) is 4.99 Å². The van der Waals surface area contributed by atoms with Gasteiger partial charge in [-0.3, -0.25) is 9.67 Å². The van der Waals surface area contributed by atoms with E-state index in [9.17, 15) is 4.39 Å². The Hall–Kier alpha value is -2.64. The fourth-order valence-corrected chi connectivity index (χ4v) is 2.79. The van der Waals surface area contributed by atoms with Gasteiger partial charge in [0.2, 0.25) is 0 Å². The Morgan fingerprint density at radius 3 is 2.58 bits per heavy atom. The van der Waals surface area contributed by atoms with Crippen LogP contribution in [0, 0.1) is 5.82 Å². The van der Waals surface area contributed by atoms with Crippen LogP contribution in [-0.2, 0) is 6.54 Å². The predicted octanol–water partition coefficient (Wildman–Crippen LogP) is 0.815. The third-order valence-corrected chi connectivity index (χ3v) is 4.07. The highest BCUT2D eigenvalue weighted by Crippen LogP contribution is 2.16. The first-order valence-electron chi connectivity index (χ1n) is 8.05. The van der Waals surface area contributed by atoms with E-state index in [2.05, 4.69) is 30.2 Å². The number of piperazine rings is 1. The molecule has 0 unspecified atom stereocenters. The second-order valence-electron chi connectivity index (χ2n) is 5.58. The van der Waals surface area contributed by atoms with Gasteiger partial charge >= 0.3 is 0 Å². The second-order valence-corrected chi connectivity index (χ2v) is 5.58. The van der Waals surface area contributed by atoms with Crippen LogP contribution in [0.25, 0.3) is 0 Å². The van der Waals surface area contributed by atoms with E-state index in [0.717, 1.165) is 50.9 Å². The van der Waals surface area contributed by atoms with Crippen LogP contribution in [0.4, 0.5) is 10.1 Å². The number of nitrogens with zero attached hydrogens (tertiary/aromatic N) is 6. The van der Waals surface area contributed by atoms with Crippen molar-refractivity contribution in [1.29, 1.82) is 0 Å². The molecule has 1 aromatic heterocycles. The average molecular weight is 331 g/mol. The smallest absolute Gasteiger partial charge is 0.193 e. The fourth-order valence-electron chi connectivity index (χ4n) is 2.79. The number of hydrogen-bond acceptors (Lipinski definition) is 4. The molecule has 8 heteroatoms. The SMILES string of the molecule is CN=C(NCCn1cncn1)N1CCN(c2ccc(F)cc2)CC1. The minimum Gasteiger partial charge on any atom is -0.368 e. The van der Waals surface area contributed by atoms with Gasteiger partial charge in [0.25, 0.3) is 0 Å². The summed E-state index contributed by atoms with van der Waals surface area (Å²) in [5.74, 6) is 0.697. The summed E-state index contributed by atoms with van der Waals surface area (Å²) < 4.78 is 14.8. The Morgan fingerprint density at radius 1 is 1.21 bits per heavy atom. The van der Waals surface area contributed by atoms with Crippen LogP contribution < -0.4 is 10.2 Å². The molecule has 0 radical (unpaired) electrons. The van der Waals surface area contributed by atoms with Gasteiger partial charge in [0.15, 0.2) is 5.96 Å². The van der Waals surface area contributed by atoms with Crippen LogP contribution in [0.3, 0.4) is 0 Å². The monoisotopic (exact) mass is 331 g/mol. The van der Waals surface area contributed by atoms with Crippen LogP contribution in [-0.4, -0.2) is 65.4 Å². The molecule has 1 fully saturated rings. The first-order chi connectivity index (χ1) is 11.8. The van der Waals surface area contributed by atoms with E-state index in [1.54, 1.807) is 18.1 Å². The molecular formula is C16H22FN7. The highest BCUT2D eigenvalue weighted by Gasteiger charge is 2.19. The summed E-state index contributed by atoms with van der Waals surface area (Å²) >= 11 is 0. The number of aromatic nitrogens is 3. The lowest BCUT2D eigenvalue weighted by Crippen LogP contribution is -2.52. The first-order valence-corrected chi connectivity index (χ1v) is 8.05. The van der Waals surface area contributed by atoms with Gasteiger partial charge in [-0.2, -0.15) is 5.10 Å². The lowest BCUT2D eigenvalue weighted by atomic mass is 10.2. The molecule has 0 spiro atoms. The number of rotatable bonds is 4. The number of nitrogens with one attached hydrogen (secondary N) is 1. The zero-order valence-corrected chi connectivity index (χ0v) is 13.8. The summed E-state index contributed by atoms with van der Waals surface area (Å²) in [5, 5.41) is 7.44. The normalized spacial score (nSPS) is 15.7. The molecule has 128 valence electrons.